The molecule has 0 amide bonds. The van der Waals surface area contributed by atoms with E-state index in [0.717, 1.165) is 12.1 Å². The van der Waals surface area contributed by atoms with Crippen LogP contribution in [-0.4, -0.2) is 23.5 Å². The fourth-order valence-electron chi connectivity index (χ4n) is 2.56. The van der Waals surface area contributed by atoms with Crippen LogP contribution in [0.2, 0.25) is 0 Å². The van der Waals surface area contributed by atoms with Crippen molar-refractivity contribution in [1.82, 2.24) is 0 Å². The third-order valence-corrected chi connectivity index (χ3v) is 3.52. The van der Waals surface area contributed by atoms with Gasteiger partial charge in [0, 0.05) is 33.4 Å². The first kappa shape index (κ1) is 13.7. The molecular weight excluding hydrogens is 288 g/mol. The lowest BCUT2D eigenvalue weighted by Crippen LogP contribution is -2.33. The molecule has 0 fully saturated rings. The number of hydrogen-bond donors (Lipinski definition) is 0. The summed E-state index contributed by atoms with van der Waals surface area (Å²) in [5.41, 5.74) is -1.92. The van der Waals surface area contributed by atoms with Crippen molar-refractivity contribution in [3.05, 3.63) is 69.8 Å². The third-order valence-electron chi connectivity index (χ3n) is 3.52. The van der Waals surface area contributed by atoms with Gasteiger partial charge in [-0.25, -0.2) is 0 Å². The van der Waals surface area contributed by atoms with Crippen LogP contribution in [0.15, 0.2) is 36.4 Å². The Kier molecular flexibility index (Phi) is 2.88. The Bertz CT molecular complexity index is 806. The van der Waals surface area contributed by atoms with E-state index in [4.69, 9.17) is 0 Å². The summed E-state index contributed by atoms with van der Waals surface area (Å²) in [6, 6.07) is 7.66. The molecule has 1 aliphatic carbocycles. The predicted octanol–water partition coefficient (Wildman–Crippen LogP) is -0.811. The van der Waals surface area contributed by atoms with E-state index in [2.05, 4.69) is 0 Å². The first-order valence-corrected chi connectivity index (χ1v) is 6.21. The average Bonchev–Trinajstić information content (AvgIpc) is 2.51. The second kappa shape index (κ2) is 4.63. The second-order valence-electron chi connectivity index (χ2n) is 4.69. The van der Waals surface area contributed by atoms with Crippen molar-refractivity contribution in [3.63, 3.8) is 0 Å². The van der Waals surface area contributed by atoms with Crippen LogP contribution in [0.25, 0.3) is 0 Å². The van der Waals surface area contributed by atoms with Crippen LogP contribution in [0.5, 0.6) is 0 Å². The molecule has 0 saturated carbocycles. The molecular formula is C16H6O6-2. The van der Waals surface area contributed by atoms with Crippen molar-refractivity contribution < 1.29 is 29.4 Å². The molecule has 0 aromatic heterocycles. The van der Waals surface area contributed by atoms with Crippen molar-refractivity contribution in [2.75, 3.05) is 0 Å². The number of fused-ring (bicyclic) bond motifs is 2. The summed E-state index contributed by atoms with van der Waals surface area (Å²) in [5, 5.41) is 22.4. The lowest BCUT2D eigenvalue weighted by atomic mass is 9.79. The lowest BCUT2D eigenvalue weighted by Gasteiger charge is -2.23. The fraction of sp³-hybridized carbons (Fsp3) is 0. The molecule has 0 spiro atoms. The highest BCUT2D eigenvalue weighted by molar-refractivity contribution is 6.32. The quantitative estimate of drug-likeness (QED) is 0.610. The molecule has 0 bridgehead atoms. The summed E-state index contributed by atoms with van der Waals surface area (Å²) in [6.07, 6.45) is 0. The van der Waals surface area contributed by atoms with Gasteiger partial charge in [-0.3, -0.25) is 9.59 Å². The topological polar surface area (TPSA) is 114 Å². The van der Waals surface area contributed by atoms with Crippen LogP contribution < -0.4 is 10.2 Å². The molecule has 6 nitrogen and oxygen atoms in total. The average molecular weight is 294 g/mol. The van der Waals surface area contributed by atoms with E-state index in [1.165, 1.54) is 24.3 Å². The number of carboxylic acid groups (broad SMARTS) is 2. The highest BCUT2D eigenvalue weighted by Crippen LogP contribution is 2.31. The number of aromatic carboxylic acids is 2. The van der Waals surface area contributed by atoms with Crippen LogP contribution in [0.3, 0.4) is 0 Å². The van der Waals surface area contributed by atoms with E-state index in [9.17, 15) is 29.4 Å². The number of hydrogen-bond acceptors (Lipinski definition) is 6. The first-order valence-electron chi connectivity index (χ1n) is 6.21. The summed E-state index contributed by atoms with van der Waals surface area (Å²) in [4.78, 5) is 47.4. The van der Waals surface area contributed by atoms with Gasteiger partial charge in [0.2, 0.25) is 0 Å². The van der Waals surface area contributed by atoms with Crippen molar-refractivity contribution in [1.29, 1.82) is 0 Å². The monoisotopic (exact) mass is 294 g/mol. The van der Waals surface area contributed by atoms with Crippen LogP contribution in [-0.2, 0) is 0 Å². The van der Waals surface area contributed by atoms with Crippen LogP contribution in [0.1, 0.15) is 52.6 Å². The fourth-order valence-corrected chi connectivity index (χ4v) is 2.56. The third kappa shape index (κ3) is 1.74. The largest absolute Gasteiger partial charge is 0.545 e. The molecule has 0 heterocycles. The maximum atomic E-state index is 12.5. The van der Waals surface area contributed by atoms with E-state index in [0.29, 0.717) is 0 Å². The Morgan fingerprint density at radius 2 is 1.05 bits per heavy atom. The highest BCUT2D eigenvalue weighted by atomic mass is 16.4. The minimum absolute atomic E-state index is 0.0259. The zero-order valence-electron chi connectivity index (χ0n) is 10.9. The van der Waals surface area contributed by atoms with Crippen molar-refractivity contribution in [2.45, 2.75) is 0 Å². The standard InChI is InChI=1S/C16H8O6/c17-13-7-3-1-2-4-8(7)14(18)12-10(16(21)22)6-5-9(11(12)13)15(19)20/h1-6H,(H,19,20)(H,21,22)/p-2. The molecule has 6 heteroatoms. The molecule has 108 valence electrons. The zero-order chi connectivity index (χ0) is 16.0. The van der Waals surface area contributed by atoms with Crippen molar-refractivity contribution in [3.8, 4) is 0 Å². The molecule has 2 aromatic carbocycles. The number of carbonyl (C=O) groups is 4. The minimum Gasteiger partial charge on any atom is -0.545 e. The van der Waals surface area contributed by atoms with E-state index >= 15 is 0 Å². The lowest BCUT2D eigenvalue weighted by molar-refractivity contribution is -0.256. The number of benzene rings is 2. The molecule has 0 saturated heterocycles. The van der Waals surface area contributed by atoms with Crippen molar-refractivity contribution >= 4 is 23.5 Å². The van der Waals surface area contributed by atoms with Crippen molar-refractivity contribution in [2.24, 2.45) is 0 Å². The normalized spacial score (nSPS) is 12.5. The zero-order valence-corrected chi connectivity index (χ0v) is 10.9. The second-order valence-corrected chi connectivity index (χ2v) is 4.69. The van der Waals surface area contributed by atoms with Gasteiger partial charge >= 0.3 is 0 Å². The molecule has 0 aliphatic heterocycles. The first-order chi connectivity index (χ1) is 10.4. The molecule has 0 radical (unpaired) electrons. The van der Waals surface area contributed by atoms with E-state index < -0.39 is 45.8 Å². The minimum atomic E-state index is -1.67. The van der Waals surface area contributed by atoms with E-state index in [1.54, 1.807) is 0 Å². The van der Waals surface area contributed by atoms with Gasteiger partial charge in [-0.05, 0) is 0 Å². The van der Waals surface area contributed by atoms with Crippen LogP contribution in [0, 0.1) is 0 Å². The summed E-state index contributed by atoms with van der Waals surface area (Å²) >= 11 is 0. The van der Waals surface area contributed by atoms with Gasteiger partial charge in [0.1, 0.15) is 0 Å². The molecule has 1 aliphatic rings. The Labute approximate surface area is 123 Å². The SMILES string of the molecule is O=C([O-])c1ccc(C(=O)[O-])c2c1C(=O)c1ccccc1C2=O. The number of carbonyl (C=O) groups excluding carboxylic acids is 4. The van der Waals surface area contributed by atoms with Gasteiger partial charge in [-0.2, -0.15) is 0 Å². The summed E-state index contributed by atoms with van der Waals surface area (Å²) in [7, 11) is 0. The van der Waals surface area contributed by atoms with Gasteiger partial charge in [0.25, 0.3) is 0 Å². The maximum absolute atomic E-state index is 12.5. The van der Waals surface area contributed by atoms with Gasteiger partial charge in [0.15, 0.2) is 11.6 Å². The van der Waals surface area contributed by atoms with E-state index in [-0.39, 0.29) is 11.1 Å². The summed E-state index contributed by atoms with van der Waals surface area (Å²) < 4.78 is 0. The van der Waals surface area contributed by atoms with Gasteiger partial charge in [-0.1, -0.05) is 36.4 Å². The Balaban J connectivity index is 2.44. The number of ketones is 2. The Morgan fingerprint density at radius 1 is 0.682 bits per heavy atom. The number of carboxylic acids is 2. The Morgan fingerprint density at radius 3 is 1.36 bits per heavy atom. The molecule has 0 unspecified atom stereocenters. The van der Waals surface area contributed by atoms with E-state index in [1.807, 2.05) is 0 Å². The molecule has 2 aromatic rings. The number of rotatable bonds is 2. The van der Waals surface area contributed by atoms with Gasteiger partial charge in [-0.15, -0.1) is 0 Å². The molecule has 3 rings (SSSR count). The predicted molar refractivity (Wildman–Crippen MR) is 68.4 cm³/mol. The Hall–Kier alpha value is -3.28. The van der Waals surface area contributed by atoms with Crippen LogP contribution in [0.4, 0.5) is 0 Å². The van der Waals surface area contributed by atoms with Gasteiger partial charge < -0.3 is 19.8 Å². The van der Waals surface area contributed by atoms with Gasteiger partial charge in [0.05, 0.1) is 11.9 Å². The highest BCUT2D eigenvalue weighted by Gasteiger charge is 2.33. The molecule has 0 atom stereocenters. The maximum Gasteiger partial charge on any atom is 0.195 e. The summed E-state index contributed by atoms with van der Waals surface area (Å²) in [5.74, 6) is -4.79. The molecule has 22 heavy (non-hydrogen) atoms. The van der Waals surface area contributed by atoms with Crippen LogP contribution >= 0.6 is 0 Å². The smallest absolute Gasteiger partial charge is 0.195 e. The summed E-state index contributed by atoms with van der Waals surface area (Å²) in [6.45, 7) is 0. The molecule has 0 N–H and O–H groups in total.